The number of para-hydroxylation sites is 1. The van der Waals surface area contributed by atoms with Crippen LogP contribution in [0.3, 0.4) is 0 Å². The van der Waals surface area contributed by atoms with Crippen LogP contribution in [-0.4, -0.2) is 109 Å². The van der Waals surface area contributed by atoms with Crippen LogP contribution in [0.25, 0.3) is 11.0 Å². The van der Waals surface area contributed by atoms with Crippen LogP contribution in [0, 0.1) is 11.8 Å². The zero-order valence-corrected chi connectivity index (χ0v) is 28.4. The van der Waals surface area contributed by atoms with Gasteiger partial charge in [-0.2, -0.15) is 0 Å². The number of cyclic esters (lactones) is 1. The lowest BCUT2D eigenvalue weighted by Gasteiger charge is -2.38. The summed E-state index contributed by atoms with van der Waals surface area (Å²) < 4.78 is 14.8. The molecule has 50 heavy (non-hydrogen) atoms. The number of allylic oxidation sites excluding steroid dienone is 1. The van der Waals surface area contributed by atoms with E-state index in [1.54, 1.807) is 45.8 Å². The minimum Gasteiger partial charge on any atom is -0.455 e. The highest BCUT2D eigenvalue weighted by atomic mass is 16.6. The lowest BCUT2D eigenvalue weighted by molar-refractivity contribution is -0.164. The minimum atomic E-state index is -1.53. The molecule has 0 unspecified atom stereocenters. The van der Waals surface area contributed by atoms with Crippen molar-refractivity contribution >= 4 is 34.7 Å². The zero-order valence-electron chi connectivity index (χ0n) is 28.4. The predicted octanol–water partition coefficient (Wildman–Crippen LogP) is 2.62. The van der Waals surface area contributed by atoms with Gasteiger partial charge in [0.2, 0.25) is 11.8 Å². The molecule has 2 fully saturated rings. The number of ether oxygens (including phenoxy) is 2. The normalized spacial score (nSPS) is 31.4. The molecule has 2 saturated heterocycles. The van der Waals surface area contributed by atoms with Crippen molar-refractivity contribution in [3.8, 4) is 0 Å². The topological polar surface area (TPSA) is 147 Å². The fraction of sp³-hybridized carbons (Fsp3) is 0.459. The number of fused-ring (bicyclic) bond motifs is 3. The first-order valence-corrected chi connectivity index (χ1v) is 17.2. The van der Waals surface area contributed by atoms with Crippen molar-refractivity contribution in [1.82, 2.24) is 29.7 Å². The summed E-state index contributed by atoms with van der Waals surface area (Å²) in [6.07, 6.45) is 6.31. The third-order valence-corrected chi connectivity index (χ3v) is 10.8. The van der Waals surface area contributed by atoms with E-state index in [0.717, 1.165) is 5.52 Å². The molecular formula is C37H42N6O7. The maximum absolute atomic E-state index is 14.8. The molecule has 1 aromatic heterocycles. The monoisotopic (exact) mass is 682 g/mol. The average molecular weight is 683 g/mol. The van der Waals surface area contributed by atoms with Gasteiger partial charge >= 0.3 is 5.97 Å². The number of aliphatic hydroxyl groups is 1. The Morgan fingerprint density at radius 2 is 1.78 bits per heavy atom. The quantitative estimate of drug-likeness (QED) is 0.306. The van der Waals surface area contributed by atoms with Gasteiger partial charge in [-0.3, -0.25) is 19.2 Å². The van der Waals surface area contributed by atoms with Gasteiger partial charge in [-0.1, -0.05) is 78.9 Å². The maximum atomic E-state index is 14.8. The molecule has 8 atom stereocenters. The van der Waals surface area contributed by atoms with E-state index in [4.69, 9.17) is 9.47 Å². The summed E-state index contributed by atoms with van der Waals surface area (Å²) in [5.74, 6) is -3.83. The van der Waals surface area contributed by atoms with Crippen molar-refractivity contribution in [2.45, 2.75) is 75.7 Å². The summed E-state index contributed by atoms with van der Waals surface area (Å²) in [7, 11) is 1.70. The summed E-state index contributed by atoms with van der Waals surface area (Å²) in [4.78, 5) is 61.9. The summed E-state index contributed by atoms with van der Waals surface area (Å²) in [6.45, 7) is 3.55. The molecule has 3 aromatic rings. The van der Waals surface area contributed by atoms with Crippen LogP contribution in [0.4, 0.5) is 0 Å². The number of likely N-dealkylation sites (tertiary alicyclic amines) is 1. The highest BCUT2D eigenvalue weighted by Crippen LogP contribution is 2.54. The molecule has 5 heterocycles. The van der Waals surface area contributed by atoms with Gasteiger partial charge in [-0.05, 0) is 37.5 Å². The molecule has 2 aromatic carbocycles. The van der Waals surface area contributed by atoms with Crippen LogP contribution in [-0.2, 0) is 35.3 Å². The second kappa shape index (κ2) is 13.4. The van der Waals surface area contributed by atoms with Crippen LogP contribution in [0.15, 0.2) is 78.9 Å². The SMILES string of the molecule is CC[C@@H](CO)N1C(=O)[C@H]2[C@@H]3C(=O)O[C@@H](c4ccccc4)[C@H](C)N(C)C(=O)CC/C=C\[C@@H]3O[C@]23C=CCN(Cn2nnc4ccccc42)C(=O)[C@H]13. The number of benzene rings is 2. The van der Waals surface area contributed by atoms with Crippen LogP contribution in [0.5, 0.6) is 0 Å². The first kappa shape index (κ1) is 33.6. The standard InChI is InChI=1S/C37H42N6O7/c1-4-25(21-44)43-33-35(47)41(22-42-27-16-9-8-15-26(27)38-39-42)20-12-19-37(33)31(34(43)46)30-28(50-37)17-10-11-18-29(45)40(3)23(2)32(49-36(30)48)24-13-6-5-7-14-24/h5-10,12-17,19,23,25,28,30-33,44H,4,11,18,20-22H2,1-3H3/b17-10-/t23-,25-,28-,30+,31+,32+,33-,37+/m0/s1. The van der Waals surface area contributed by atoms with Gasteiger partial charge in [-0.15, -0.1) is 5.10 Å². The van der Waals surface area contributed by atoms with Crippen molar-refractivity contribution in [2.75, 3.05) is 20.2 Å². The molecule has 1 N–H and O–H groups in total. The number of hydrogen-bond donors (Lipinski definition) is 1. The molecule has 7 rings (SSSR count). The average Bonchev–Trinajstić information content (AvgIpc) is 3.73. The second-order valence-corrected chi connectivity index (χ2v) is 13.5. The van der Waals surface area contributed by atoms with E-state index < -0.39 is 65.6 Å². The second-order valence-electron chi connectivity index (χ2n) is 13.5. The Labute approximate surface area is 290 Å². The van der Waals surface area contributed by atoms with Gasteiger partial charge in [0.1, 0.15) is 35.9 Å². The smallest absolute Gasteiger partial charge is 0.313 e. The van der Waals surface area contributed by atoms with E-state index >= 15 is 0 Å². The Hall–Kier alpha value is -4.88. The molecule has 13 heteroatoms. The van der Waals surface area contributed by atoms with Gasteiger partial charge < -0.3 is 29.3 Å². The molecule has 262 valence electrons. The number of nitrogens with zero attached hydrogens (tertiary/aromatic N) is 6. The molecule has 4 aliphatic heterocycles. The van der Waals surface area contributed by atoms with Crippen molar-refractivity contribution < 1.29 is 33.8 Å². The Kier molecular flexibility index (Phi) is 9.04. The summed E-state index contributed by atoms with van der Waals surface area (Å²) in [5.41, 5.74) is 0.599. The minimum absolute atomic E-state index is 0.0614. The Morgan fingerprint density at radius 1 is 1.02 bits per heavy atom. The van der Waals surface area contributed by atoms with Crippen molar-refractivity contribution in [1.29, 1.82) is 0 Å². The first-order chi connectivity index (χ1) is 24.2. The maximum Gasteiger partial charge on any atom is 0.313 e. The van der Waals surface area contributed by atoms with Gasteiger partial charge in [-0.25, -0.2) is 4.68 Å². The molecule has 0 radical (unpaired) electrons. The summed E-state index contributed by atoms with van der Waals surface area (Å²) >= 11 is 0. The Morgan fingerprint density at radius 3 is 2.54 bits per heavy atom. The molecule has 0 saturated carbocycles. The fourth-order valence-electron chi connectivity index (χ4n) is 7.99. The van der Waals surface area contributed by atoms with Crippen molar-refractivity contribution in [3.05, 3.63) is 84.5 Å². The van der Waals surface area contributed by atoms with E-state index in [2.05, 4.69) is 10.3 Å². The Bertz CT molecular complexity index is 1840. The number of aliphatic hydroxyl groups excluding tert-OH is 1. The van der Waals surface area contributed by atoms with Crippen LogP contribution in [0.2, 0.25) is 0 Å². The Balaban J connectivity index is 1.30. The van der Waals surface area contributed by atoms with E-state index in [1.165, 1.54) is 4.90 Å². The molecule has 13 nitrogen and oxygen atoms in total. The van der Waals surface area contributed by atoms with Gasteiger partial charge in [0, 0.05) is 20.0 Å². The van der Waals surface area contributed by atoms with Crippen molar-refractivity contribution in [2.24, 2.45) is 11.8 Å². The number of aromatic nitrogens is 3. The highest BCUT2D eigenvalue weighted by molar-refractivity contribution is 5.99. The first-order valence-electron chi connectivity index (χ1n) is 17.2. The van der Waals surface area contributed by atoms with E-state index in [1.807, 2.05) is 68.4 Å². The summed E-state index contributed by atoms with van der Waals surface area (Å²) in [6, 6.07) is 14.3. The van der Waals surface area contributed by atoms with Gasteiger partial charge in [0.15, 0.2) is 0 Å². The molecule has 0 bridgehead atoms. The molecule has 3 amide bonds. The largest absolute Gasteiger partial charge is 0.455 e. The zero-order chi connectivity index (χ0) is 35.2. The highest BCUT2D eigenvalue weighted by Gasteiger charge is 2.72. The molecule has 0 aliphatic carbocycles. The number of carbonyl (C=O) groups excluding carboxylic acids is 4. The predicted molar refractivity (Wildman–Crippen MR) is 181 cm³/mol. The number of carbonyl (C=O) groups is 4. The molecule has 1 spiro atoms. The third kappa shape index (κ3) is 5.48. The van der Waals surface area contributed by atoms with Crippen LogP contribution in [0.1, 0.15) is 44.8 Å². The number of amides is 3. The van der Waals surface area contributed by atoms with Gasteiger partial charge in [0.05, 0.1) is 36.2 Å². The van der Waals surface area contributed by atoms with Gasteiger partial charge in [0.25, 0.3) is 5.91 Å². The third-order valence-electron chi connectivity index (χ3n) is 10.8. The summed E-state index contributed by atoms with van der Waals surface area (Å²) in [5, 5.41) is 19.0. The van der Waals surface area contributed by atoms with E-state index in [9.17, 15) is 24.3 Å². The van der Waals surface area contributed by atoms with Crippen LogP contribution >= 0.6 is 0 Å². The molecular weight excluding hydrogens is 640 g/mol. The number of hydrogen-bond acceptors (Lipinski definition) is 9. The lowest BCUT2D eigenvalue weighted by Crippen LogP contribution is -2.58. The fourth-order valence-corrected chi connectivity index (χ4v) is 7.99. The van der Waals surface area contributed by atoms with E-state index in [-0.39, 0.29) is 32.1 Å². The number of likely N-dealkylation sites (N-methyl/N-ethyl adjacent to an activating group) is 1. The molecule has 4 aliphatic rings. The van der Waals surface area contributed by atoms with Crippen LogP contribution < -0.4 is 0 Å². The van der Waals surface area contributed by atoms with Crippen molar-refractivity contribution in [3.63, 3.8) is 0 Å². The lowest BCUT2D eigenvalue weighted by atomic mass is 9.77. The number of esters is 1. The van der Waals surface area contributed by atoms with E-state index in [0.29, 0.717) is 23.9 Å². The number of rotatable bonds is 6.